The first-order chi connectivity index (χ1) is 10.0. The van der Waals surface area contributed by atoms with Gasteiger partial charge in [0.25, 0.3) is 5.91 Å². The van der Waals surface area contributed by atoms with Crippen LogP contribution in [0.5, 0.6) is 0 Å². The number of rotatable bonds is 8. The second-order valence-corrected chi connectivity index (χ2v) is 5.41. The Balaban J connectivity index is 2.39. The van der Waals surface area contributed by atoms with Crippen molar-refractivity contribution in [3.05, 3.63) is 35.7 Å². The Morgan fingerprint density at radius 1 is 1.33 bits per heavy atom. The van der Waals surface area contributed by atoms with E-state index in [4.69, 9.17) is 21.2 Å². The summed E-state index contributed by atoms with van der Waals surface area (Å²) in [4.78, 5) is 16.6. The van der Waals surface area contributed by atoms with E-state index < -0.39 is 0 Å². The van der Waals surface area contributed by atoms with E-state index in [0.29, 0.717) is 10.7 Å². The van der Waals surface area contributed by atoms with Gasteiger partial charge in [0.1, 0.15) is 11.5 Å². The molecule has 0 aromatic heterocycles. The minimum Gasteiger partial charge on any atom is -0.482 e. The molecule has 1 aliphatic carbocycles. The SMILES string of the molecule is C=C(Cl)/C=C(/NOC)C(=C)OCC(=O)NC1CCCCC1. The fourth-order valence-corrected chi connectivity index (χ4v) is 2.29. The quantitative estimate of drug-likeness (QED) is 0.411. The molecule has 0 aliphatic heterocycles. The first-order valence-corrected chi connectivity index (χ1v) is 7.37. The predicted octanol–water partition coefficient (Wildman–Crippen LogP) is 2.75. The van der Waals surface area contributed by atoms with Gasteiger partial charge in [0.15, 0.2) is 6.61 Å². The number of halogens is 1. The maximum Gasteiger partial charge on any atom is 0.258 e. The highest BCUT2D eigenvalue weighted by Crippen LogP contribution is 2.17. The molecule has 0 unspecified atom stereocenters. The zero-order chi connectivity index (χ0) is 15.7. The second-order valence-electron chi connectivity index (χ2n) is 4.93. The summed E-state index contributed by atoms with van der Waals surface area (Å²) in [6, 6.07) is 0.262. The molecule has 1 aliphatic rings. The normalized spacial score (nSPS) is 16.2. The van der Waals surface area contributed by atoms with Gasteiger partial charge in [0, 0.05) is 11.1 Å². The zero-order valence-corrected chi connectivity index (χ0v) is 13.2. The molecule has 0 radical (unpaired) electrons. The molecule has 0 heterocycles. The van der Waals surface area contributed by atoms with Gasteiger partial charge >= 0.3 is 0 Å². The van der Waals surface area contributed by atoms with E-state index in [9.17, 15) is 4.79 Å². The second kappa shape index (κ2) is 9.47. The Bertz CT molecular complexity index is 415. The number of amides is 1. The molecule has 21 heavy (non-hydrogen) atoms. The molecule has 1 fully saturated rings. The summed E-state index contributed by atoms with van der Waals surface area (Å²) in [7, 11) is 1.45. The molecule has 0 aromatic carbocycles. The van der Waals surface area contributed by atoms with E-state index in [0.717, 1.165) is 12.8 Å². The molecule has 1 amide bonds. The molecule has 0 atom stereocenters. The topological polar surface area (TPSA) is 59.6 Å². The van der Waals surface area contributed by atoms with Gasteiger partial charge in [-0.25, -0.2) is 0 Å². The maximum atomic E-state index is 11.8. The van der Waals surface area contributed by atoms with Crippen molar-refractivity contribution in [1.29, 1.82) is 0 Å². The van der Waals surface area contributed by atoms with Gasteiger partial charge < -0.3 is 10.1 Å². The van der Waals surface area contributed by atoms with E-state index in [1.807, 2.05) is 0 Å². The number of allylic oxidation sites excluding steroid dienone is 2. The van der Waals surface area contributed by atoms with Crippen molar-refractivity contribution in [2.45, 2.75) is 38.1 Å². The molecular formula is C15H23ClN2O3. The Labute approximate surface area is 131 Å². The fraction of sp³-hybridized carbons (Fsp3) is 0.533. The zero-order valence-electron chi connectivity index (χ0n) is 12.4. The van der Waals surface area contributed by atoms with Gasteiger partial charge in [-0.2, -0.15) is 0 Å². The summed E-state index contributed by atoms with van der Waals surface area (Å²) in [5.74, 6) is 0.113. The van der Waals surface area contributed by atoms with Crippen LogP contribution < -0.4 is 10.8 Å². The maximum absolute atomic E-state index is 11.8. The van der Waals surface area contributed by atoms with Crippen molar-refractivity contribution in [2.24, 2.45) is 0 Å². The first-order valence-electron chi connectivity index (χ1n) is 6.99. The molecule has 0 aromatic rings. The van der Waals surface area contributed by atoms with E-state index in [2.05, 4.69) is 24.0 Å². The lowest BCUT2D eigenvalue weighted by Crippen LogP contribution is -2.38. The van der Waals surface area contributed by atoms with Crippen molar-refractivity contribution in [3.63, 3.8) is 0 Å². The summed E-state index contributed by atoms with van der Waals surface area (Å²) >= 11 is 5.70. The standard InChI is InChI=1S/C15H23ClN2O3/c1-11(16)9-14(18-20-3)12(2)21-10-15(19)17-13-7-5-4-6-8-13/h9,13,18H,1-2,4-8,10H2,3H3,(H,17,19)/b14-9+. The number of hydroxylamine groups is 1. The highest BCUT2D eigenvalue weighted by molar-refractivity contribution is 6.30. The summed E-state index contributed by atoms with van der Waals surface area (Å²) < 4.78 is 5.34. The van der Waals surface area contributed by atoms with Gasteiger partial charge in [-0.05, 0) is 18.9 Å². The van der Waals surface area contributed by atoms with Crippen molar-refractivity contribution in [3.8, 4) is 0 Å². The lowest BCUT2D eigenvalue weighted by atomic mass is 9.95. The summed E-state index contributed by atoms with van der Waals surface area (Å²) in [5.41, 5.74) is 3.00. The van der Waals surface area contributed by atoms with Gasteiger partial charge in [-0.3, -0.25) is 15.1 Å². The van der Waals surface area contributed by atoms with Gasteiger partial charge in [-0.15, -0.1) is 0 Å². The van der Waals surface area contributed by atoms with E-state index in [1.165, 1.54) is 32.4 Å². The molecule has 6 heteroatoms. The highest BCUT2D eigenvalue weighted by Gasteiger charge is 2.16. The van der Waals surface area contributed by atoms with Crippen LogP contribution in [-0.2, 0) is 14.4 Å². The van der Waals surface area contributed by atoms with Crippen LogP contribution in [0.15, 0.2) is 35.7 Å². The monoisotopic (exact) mass is 314 g/mol. The first kappa shape index (κ1) is 17.6. The van der Waals surface area contributed by atoms with Crippen LogP contribution in [0.2, 0.25) is 0 Å². The van der Waals surface area contributed by atoms with E-state index in [-0.39, 0.29) is 24.3 Å². The smallest absolute Gasteiger partial charge is 0.258 e. The highest BCUT2D eigenvalue weighted by atomic mass is 35.5. The van der Waals surface area contributed by atoms with E-state index in [1.54, 1.807) is 0 Å². The Morgan fingerprint density at radius 3 is 2.57 bits per heavy atom. The van der Waals surface area contributed by atoms with Crippen LogP contribution in [0.25, 0.3) is 0 Å². The van der Waals surface area contributed by atoms with Gasteiger partial charge in [0.2, 0.25) is 0 Å². The molecule has 118 valence electrons. The largest absolute Gasteiger partial charge is 0.482 e. The summed E-state index contributed by atoms with van der Waals surface area (Å²) in [5, 5.41) is 3.26. The lowest BCUT2D eigenvalue weighted by molar-refractivity contribution is -0.125. The third kappa shape index (κ3) is 7.20. The van der Waals surface area contributed by atoms with E-state index >= 15 is 0 Å². The van der Waals surface area contributed by atoms with Gasteiger partial charge in [0.05, 0.1) is 7.11 Å². The molecule has 1 rings (SSSR count). The number of hydrogen-bond donors (Lipinski definition) is 2. The number of nitrogens with one attached hydrogen (secondary N) is 2. The Hall–Kier alpha value is -1.46. The van der Waals surface area contributed by atoms with Crippen molar-refractivity contribution in [1.82, 2.24) is 10.8 Å². The van der Waals surface area contributed by atoms with Crippen molar-refractivity contribution in [2.75, 3.05) is 13.7 Å². The van der Waals surface area contributed by atoms with Crippen LogP contribution in [0.1, 0.15) is 32.1 Å². The van der Waals surface area contributed by atoms with Crippen LogP contribution in [0.3, 0.4) is 0 Å². The van der Waals surface area contributed by atoms with Crippen LogP contribution in [-0.4, -0.2) is 25.7 Å². The number of carbonyl (C=O) groups excluding carboxylic acids is 1. The van der Waals surface area contributed by atoms with Crippen molar-refractivity contribution < 1.29 is 14.4 Å². The lowest BCUT2D eigenvalue weighted by Gasteiger charge is -2.23. The van der Waals surface area contributed by atoms with Crippen LogP contribution in [0, 0.1) is 0 Å². The molecule has 0 saturated heterocycles. The molecule has 0 spiro atoms. The minimum absolute atomic E-state index is 0.0904. The summed E-state index contributed by atoms with van der Waals surface area (Å²) in [6.45, 7) is 7.19. The van der Waals surface area contributed by atoms with Crippen LogP contribution >= 0.6 is 11.6 Å². The third-order valence-electron chi connectivity index (χ3n) is 3.16. The van der Waals surface area contributed by atoms with Gasteiger partial charge in [-0.1, -0.05) is 44.0 Å². The van der Waals surface area contributed by atoms with Crippen molar-refractivity contribution >= 4 is 17.5 Å². The molecular weight excluding hydrogens is 292 g/mol. The molecule has 2 N–H and O–H groups in total. The predicted molar refractivity (Wildman–Crippen MR) is 83.3 cm³/mol. The number of ether oxygens (including phenoxy) is 1. The van der Waals surface area contributed by atoms with Crippen LogP contribution in [0.4, 0.5) is 0 Å². The number of carbonyl (C=O) groups is 1. The summed E-state index contributed by atoms with van der Waals surface area (Å²) in [6.07, 6.45) is 7.16. The Kier molecular flexibility index (Phi) is 7.93. The fourth-order valence-electron chi connectivity index (χ4n) is 2.18. The molecule has 1 saturated carbocycles. The Morgan fingerprint density at radius 2 is 2.00 bits per heavy atom. The molecule has 0 bridgehead atoms. The number of hydrogen-bond acceptors (Lipinski definition) is 4. The third-order valence-corrected chi connectivity index (χ3v) is 3.27. The minimum atomic E-state index is -0.149. The average molecular weight is 315 g/mol. The molecule has 5 nitrogen and oxygen atoms in total. The average Bonchev–Trinajstić information content (AvgIpc) is 2.45.